The maximum atomic E-state index is 11.5. The van der Waals surface area contributed by atoms with Crippen LogP contribution in [0, 0.1) is 7.05 Å². The molecule has 0 bridgehead atoms. The zero-order chi connectivity index (χ0) is 22.2. The van der Waals surface area contributed by atoms with Crippen molar-refractivity contribution < 1.29 is 9.28 Å². The normalized spacial score (nSPS) is 19.9. The number of pyridine rings is 2. The molecule has 2 aliphatic rings. The van der Waals surface area contributed by atoms with E-state index in [2.05, 4.69) is 45.1 Å². The molecule has 0 radical (unpaired) electrons. The highest BCUT2D eigenvalue weighted by Crippen LogP contribution is 2.17. The Morgan fingerprint density at radius 3 is 1.81 bits per heavy atom. The lowest BCUT2D eigenvalue weighted by Crippen LogP contribution is -2.45. The molecule has 0 unspecified atom stereocenters. The van der Waals surface area contributed by atoms with Crippen LogP contribution in [0.2, 0.25) is 0 Å². The molecular weight excluding hydrogens is 398 g/mol. The van der Waals surface area contributed by atoms with Crippen LogP contribution in [0.25, 0.3) is 0 Å². The summed E-state index contributed by atoms with van der Waals surface area (Å²) in [5.41, 5.74) is 3.20. The Morgan fingerprint density at radius 2 is 1.34 bits per heavy atom. The van der Waals surface area contributed by atoms with Crippen LogP contribution < -0.4 is 0 Å². The fourth-order valence-corrected chi connectivity index (χ4v) is 4.06. The van der Waals surface area contributed by atoms with Gasteiger partial charge >= 0.3 is 0 Å². The molecule has 6 nitrogen and oxygen atoms in total. The van der Waals surface area contributed by atoms with Gasteiger partial charge in [0.2, 0.25) is 0 Å². The Bertz CT molecular complexity index is 912. The highest BCUT2D eigenvalue weighted by molar-refractivity contribution is 6.01. The minimum atomic E-state index is 0.0327. The smallest absolute Gasteiger partial charge is 0.178 e. The molecule has 0 amide bonds. The van der Waals surface area contributed by atoms with Gasteiger partial charge in [-0.25, -0.2) is 0 Å². The van der Waals surface area contributed by atoms with Gasteiger partial charge in [0.05, 0.1) is 30.7 Å². The summed E-state index contributed by atoms with van der Waals surface area (Å²) in [4.78, 5) is 25.5. The summed E-state index contributed by atoms with van der Waals surface area (Å²) in [6.07, 6.45) is 12.9. The molecule has 0 N–H and O–H groups in total. The molecular formula is C26H31N5O. The quantitative estimate of drug-likeness (QED) is 0.540. The van der Waals surface area contributed by atoms with Gasteiger partial charge in [-0.3, -0.25) is 24.6 Å². The van der Waals surface area contributed by atoms with Crippen molar-refractivity contribution in [2.24, 2.45) is 0 Å². The van der Waals surface area contributed by atoms with Crippen LogP contribution in [0.4, 0.5) is 0 Å². The van der Waals surface area contributed by atoms with E-state index in [1.165, 1.54) is 0 Å². The predicted octanol–water partition coefficient (Wildman–Crippen LogP) is 2.98. The fraction of sp³-hybridized carbons (Fsp3) is 0.308. The Labute approximate surface area is 190 Å². The van der Waals surface area contributed by atoms with E-state index in [0.29, 0.717) is 4.48 Å². The van der Waals surface area contributed by atoms with Crippen molar-refractivity contribution in [1.29, 1.82) is 0 Å². The molecule has 1 saturated heterocycles. The second kappa shape index (κ2) is 10.6. The van der Waals surface area contributed by atoms with E-state index in [1.807, 2.05) is 48.8 Å². The molecule has 1 aliphatic carbocycles. The topological polar surface area (TPSA) is 49.3 Å². The van der Waals surface area contributed by atoms with E-state index < -0.39 is 0 Å². The summed E-state index contributed by atoms with van der Waals surface area (Å²) in [6.45, 7) is 7.21. The largest absolute Gasteiger partial charge is 0.427 e. The molecule has 0 atom stereocenters. The fourth-order valence-electron chi connectivity index (χ4n) is 4.06. The molecule has 32 heavy (non-hydrogen) atoms. The van der Waals surface area contributed by atoms with Gasteiger partial charge in [0.15, 0.2) is 5.78 Å². The Kier molecular flexibility index (Phi) is 7.37. The molecule has 166 valence electrons. The first-order valence-corrected chi connectivity index (χ1v) is 11.2. The van der Waals surface area contributed by atoms with Gasteiger partial charge in [0.1, 0.15) is 0 Å². The van der Waals surface area contributed by atoms with Crippen molar-refractivity contribution in [1.82, 2.24) is 19.8 Å². The van der Waals surface area contributed by atoms with E-state index in [-0.39, 0.29) is 5.78 Å². The van der Waals surface area contributed by atoms with Crippen LogP contribution in [-0.2, 0) is 17.9 Å². The number of aromatic nitrogens is 2. The summed E-state index contributed by atoms with van der Waals surface area (Å²) in [6, 6.07) is 12.2. The lowest BCUT2D eigenvalue weighted by atomic mass is 10.1. The van der Waals surface area contributed by atoms with Gasteiger partial charge in [-0.15, -0.1) is 7.05 Å². The van der Waals surface area contributed by atoms with Crippen molar-refractivity contribution >= 4 is 5.78 Å². The van der Waals surface area contributed by atoms with Crippen LogP contribution in [0.15, 0.2) is 84.9 Å². The van der Waals surface area contributed by atoms with Gasteiger partial charge in [0.25, 0.3) is 0 Å². The second-order valence-corrected chi connectivity index (χ2v) is 8.56. The molecule has 2 aromatic heterocycles. The van der Waals surface area contributed by atoms with Crippen molar-refractivity contribution in [3.05, 3.63) is 103 Å². The third-order valence-corrected chi connectivity index (χ3v) is 5.98. The summed E-state index contributed by atoms with van der Waals surface area (Å²) >= 11 is 0. The highest BCUT2D eigenvalue weighted by atomic mass is 16.1. The van der Waals surface area contributed by atoms with E-state index in [0.717, 1.165) is 69.3 Å². The number of allylic oxidation sites excluding steroid dienone is 5. The van der Waals surface area contributed by atoms with Crippen LogP contribution in [-0.4, -0.2) is 69.3 Å². The molecule has 0 spiro atoms. The van der Waals surface area contributed by atoms with Crippen LogP contribution in [0.1, 0.15) is 11.4 Å². The zero-order valence-corrected chi connectivity index (χ0v) is 18.5. The van der Waals surface area contributed by atoms with E-state index >= 15 is 0 Å². The molecule has 3 heterocycles. The maximum absolute atomic E-state index is 11.5. The van der Waals surface area contributed by atoms with Gasteiger partial charge in [-0.1, -0.05) is 12.1 Å². The average molecular weight is 430 g/mol. The Hall–Kier alpha value is -2.93. The van der Waals surface area contributed by atoms with Crippen molar-refractivity contribution in [2.45, 2.75) is 13.1 Å². The summed E-state index contributed by atoms with van der Waals surface area (Å²) < 4.78 is 0.565. The summed E-state index contributed by atoms with van der Waals surface area (Å²) in [5.74, 6) is 0.0327. The average Bonchev–Trinajstić information content (AvgIpc) is 2.88. The summed E-state index contributed by atoms with van der Waals surface area (Å²) in [5, 5.41) is 0. The lowest BCUT2D eigenvalue weighted by Gasteiger charge is -2.40. The number of ketones is 1. The van der Waals surface area contributed by atoms with Crippen molar-refractivity contribution in [3.8, 4) is 0 Å². The second-order valence-electron chi connectivity index (χ2n) is 8.56. The number of quaternary nitrogens is 1. The highest BCUT2D eigenvalue weighted by Gasteiger charge is 2.22. The number of carbonyl (C=O) groups is 1. The van der Waals surface area contributed by atoms with E-state index in [1.54, 1.807) is 12.2 Å². The minimum absolute atomic E-state index is 0.0327. The Morgan fingerprint density at radius 1 is 0.812 bits per heavy atom. The predicted molar refractivity (Wildman–Crippen MR) is 126 cm³/mol. The van der Waals surface area contributed by atoms with Gasteiger partial charge < -0.3 is 4.48 Å². The number of hydrogen-bond donors (Lipinski definition) is 0. The molecule has 0 aromatic carbocycles. The number of nitrogens with zero attached hydrogens (tertiary/aromatic N) is 5. The van der Waals surface area contributed by atoms with Crippen LogP contribution >= 0.6 is 0 Å². The third-order valence-electron chi connectivity index (χ3n) is 5.98. The third kappa shape index (κ3) is 6.53. The first kappa shape index (κ1) is 22.3. The SMILES string of the molecule is [CH2-][N+]1(C=C2C=CC(=O)C=C2)CCN(Cc2ccccn2)CCN(Cc2ccccn2)CC1. The van der Waals surface area contributed by atoms with E-state index in [9.17, 15) is 4.79 Å². The maximum Gasteiger partial charge on any atom is 0.178 e. The van der Waals surface area contributed by atoms with Gasteiger partial charge in [0, 0.05) is 57.2 Å². The van der Waals surface area contributed by atoms with Crippen molar-refractivity contribution in [3.63, 3.8) is 0 Å². The van der Waals surface area contributed by atoms with Gasteiger partial charge in [-0.05, 0) is 48.6 Å². The van der Waals surface area contributed by atoms with Gasteiger partial charge in [-0.2, -0.15) is 0 Å². The van der Waals surface area contributed by atoms with E-state index in [4.69, 9.17) is 0 Å². The first-order chi connectivity index (χ1) is 15.6. The zero-order valence-electron chi connectivity index (χ0n) is 18.5. The number of rotatable bonds is 5. The monoisotopic (exact) mass is 429 g/mol. The van der Waals surface area contributed by atoms with Crippen LogP contribution in [0.5, 0.6) is 0 Å². The number of carbonyl (C=O) groups excluding carboxylic acids is 1. The Balaban J connectivity index is 1.53. The molecule has 1 fully saturated rings. The minimum Gasteiger partial charge on any atom is -0.427 e. The number of hydrogen-bond acceptors (Lipinski definition) is 5. The summed E-state index contributed by atoms with van der Waals surface area (Å²) in [7, 11) is 4.59. The van der Waals surface area contributed by atoms with Crippen LogP contribution in [0.3, 0.4) is 0 Å². The first-order valence-electron chi connectivity index (χ1n) is 11.2. The molecule has 2 aromatic rings. The lowest BCUT2D eigenvalue weighted by molar-refractivity contribution is -0.833. The molecule has 6 heteroatoms. The molecule has 0 saturated carbocycles. The standard InChI is InChI=1S/C26H31N5O/c1-31(22-23-8-10-26(32)11-9-23)18-16-29(20-24-6-2-4-12-27-24)14-15-30(17-19-31)21-25-7-3-5-13-28-25/h2-13,22H,1,14-21H2. The molecule has 4 rings (SSSR count). The molecule has 1 aliphatic heterocycles. The van der Waals surface area contributed by atoms with Crippen molar-refractivity contribution in [2.75, 3.05) is 39.3 Å².